The average Bonchev–Trinajstić information content (AvgIpc) is 2.32. The van der Waals surface area contributed by atoms with Crippen molar-refractivity contribution in [3.8, 4) is 0 Å². The summed E-state index contributed by atoms with van der Waals surface area (Å²) in [6, 6.07) is 3.36. The molecule has 0 aromatic heterocycles. The molecule has 0 aliphatic carbocycles. The van der Waals surface area contributed by atoms with Gasteiger partial charge in [-0.15, -0.1) is 0 Å². The van der Waals surface area contributed by atoms with Crippen LogP contribution in [0.5, 0.6) is 0 Å². The van der Waals surface area contributed by atoms with E-state index in [-0.39, 0.29) is 5.56 Å². The molecular weight excluding hydrogens is 349 g/mol. The molecule has 1 amide bonds. The SMILES string of the molecule is CC(C(C)S(C)(=O)=O)N(C)C(=O)c1cc(F)cc(Br)c1. The number of sulfone groups is 1. The number of carbonyl (C=O) groups excluding carboxylic acids is 1. The van der Waals surface area contributed by atoms with Crippen LogP contribution in [0.3, 0.4) is 0 Å². The molecule has 2 unspecified atom stereocenters. The van der Waals surface area contributed by atoms with Gasteiger partial charge in [0, 0.05) is 29.4 Å². The summed E-state index contributed by atoms with van der Waals surface area (Å²) in [5.74, 6) is -0.951. The second-order valence-corrected chi connectivity index (χ2v) is 8.17. The van der Waals surface area contributed by atoms with Gasteiger partial charge in [-0.3, -0.25) is 4.79 Å². The molecular formula is C13H17BrFNO3S. The molecule has 0 radical (unpaired) electrons. The van der Waals surface area contributed by atoms with Gasteiger partial charge in [-0.1, -0.05) is 15.9 Å². The number of carbonyl (C=O) groups is 1. The lowest BCUT2D eigenvalue weighted by Crippen LogP contribution is -2.44. The fourth-order valence-electron chi connectivity index (χ4n) is 1.74. The summed E-state index contributed by atoms with van der Waals surface area (Å²) < 4.78 is 36.8. The van der Waals surface area contributed by atoms with Gasteiger partial charge in [0.2, 0.25) is 0 Å². The van der Waals surface area contributed by atoms with Crippen molar-refractivity contribution in [1.82, 2.24) is 4.90 Å². The van der Waals surface area contributed by atoms with E-state index < -0.39 is 32.9 Å². The van der Waals surface area contributed by atoms with Gasteiger partial charge in [-0.05, 0) is 32.0 Å². The predicted octanol–water partition coefficient (Wildman–Crippen LogP) is 2.48. The van der Waals surface area contributed by atoms with E-state index in [2.05, 4.69) is 15.9 Å². The van der Waals surface area contributed by atoms with Gasteiger partial charge in [-0.2, -0.15) is 0 Å². The summed E-state index contributed by atoms with van der Waals surface area (Å²) in [7, 11) is -1.75. The van der Waals surface area contributed by atoms with Crippen molar-refractivity contribution in [1.29, 1.82) is 0 Å². The van der Waals surface area contributed by atoms with Gasteiger partial charge in [0.05, 0.1) is 5.25 Å². The minimum atomic E-state index is -3.26. The Labute approximate surface area is 127 Å². The van der Waals surface area contributed by atoms with Crippen molar-refractivity contribution in [2.24, 2.45) is 0 Å². The van der Waals surface area contributed by atoms with Crippen LogP contribution >= 0.6 is 15.9 Å². The Bertz CT molecular complexity index is 598. The van der Waals surface area contributed by atoms with Gasteiger partial charge < -0.3 is 4.90 Å². The zero-order valence-corrected chi connectivity index (χ0v) is 14.1. The third-order valence-corrected chi connectivity index (χ3v) is 5.60. The molecule has 0 aliphatic rings. The van der Waals surface area contributed by atoms with Crippen molar-refractivity contribution in [2.75, 3.05) is 13.3 Å². The summed E-state index contributed by atoms with van der Waals surface area (Å²) in [6.07, 6.45) is 1.13. The first-order chi connectivity index (χ1) is 9.04. The van der Waals surface area contributed by atoms with Crippen LogP contribution in [0.1, 0.15) is 24.2 Å². The third-order valence-electron chi connectivity index (χ3n) is 3.40. The Kier molecular flexibility index (Phi) is 5.32. The van der Waals surface area contributed by atoms with E-state index in [1.54, 1.807) is 13.8 Å². The minimum absolute atomic E-state index is 0.173. The van der Waals surface area contributed by atoms with Crippen LogP contribution in [0.4, 0.5) is 4.39 Å². The van der Waals surface area contributed by atoms with Gasteiger partial charge in [-0.25, -0.2) is 12.8 Å². The number of amides is 1. The molecule has 7 heteroatoms. The van der Waals surface area contributed by atoms with Crippen LogP contribution in [0.2, 0.25) is 0 Å². The Morgan fingerprint density at radius 1 is 1.30 bits per heavy atom. The quantitative estimate of drug-likeness (QED) is 0.823. The van der Waals surface area contributed by atoms with E-state index in [0.29, 0.717) is 4.47 Å². The number of rotatable bonds is 4. The summed E-state index contributed by atoms with van der Waals surface area (Å²) in [5.41, 5.74) is 0.173. The maximum Gasteiger partial charge on any atom is 0.254 e. The molecule has 1 aromatic carbocycles. The fourth-order valence-corrected chi connectivity index (χ4v) is 3.10. The summed E-state index contributed by atoms with van der Waals surface area (Å²) in [6.45, 7) is 3.20. The lowest BCUT2D eigenvalue weighted by atomic mass is 10.1. The van der Waals surface area contributed by atoms with E-state index in [1.165, 1.54) is 24.1 Å². The lowest BCUT2D eigenvalue weighted by Gasteiger charge is -2.29. The molecule has 0 fully saturated rings. The van der Waals surface area contributed by atoms with Crippen LogP contribution in [0.15, 0.2) is 22.7 Å². The molecule has 0 spiro atoms. The second-order valence-electron chi connectivity index (χ2n) is 4.85. The smallest absolute Gasteiger partial charge is 0.254 e. The highest BCUT2D eigenvalue weighted by molar-refractivity contribution is 9.10. The van der Waals surface area contributed by atoms with Crippen molar-refractivity contribution in [2.45, 2.75) is 25.1 Å². The van der Waals surface area contributed by atoms with Crippen LogP contribution < -0.4 is 0 Å². The highest BCUT2D eigenvalue weighted by Gasteiger charge is 2.28. The van der Waals surface area contributed by atoms with E-state index in [0.717, 1.165) is 12.3 Å². The number of nitrogens with zero attached hydrogens (tertiary/aromatic N) is 1. The molecule has 0 saturated carbocycles. The Morgan fingerprint density at radius 3 is 2.30 bits per heavy atom. The number of hydrogen-bond donors (Lipinski definition) is 0. The first-order valence-corrected chi connectivity index (χ1v) is 8.71. The zero-order valence-electron chi connectivity index (χ0n) is 11.7. The van der Waals surface area contributed by atoms with Gasteiger partial charge in [0.1, 0.15) is 5.82 Å². The number of hydrogen-bond acceptors (Lipinski definition) is 3. The Balaban J connectivity index is 3.02. The Morgan fingerprint density at radius 2 is 1.85 bits per heavy atom. The van der Waals surface area contributed by atoms with Crippen LogP contribution in [-0.2, 0) is 9.84 Å². The molecule has 0 aliphatic heterocycles. The average molecular weight is 366 g/mol. The maximum atomic E-state index is 13.3. The standard InChI is InChI=1S/C13H17BrFNO3S/c1-8(9(2)20(4,18)19)16(3)13(17)10-5-11(14)7-12(15)6-10/h5-9H,1-4H3. The van der Waals surface area contributed by atoms with Crippen LogP contribution in [-0.4, -0.2) is 43.8 Å². The highest BCUT2D eigenvalue weighted by atomic mass is 79.9. The molecule has 2 atom stereocenters. The molecule has 4 nitrogen and oxygen atoms in total. The van der Waals surface area contributed by atoms with Crippen LogP contribution in [0, 0.1) is 5.82 Å². The molecule has 0 N–H and O–H groups in total. The first-order valence-electron chi connectivity index (χ1n) is 5.96. The van der Waals surface area contributed by atoms with E-state index in [1.807, 2.05) is 0 Å². The second kappa shape index (κ2) is 6.22. The lowest BCUT2D eigenvalue weighted by molar-refractivity contribution is 0.0742. The molecule has 20 heavy (non-hydrogen) atoms. The fraction of sp³-hybridized carbons (Fsp3) is 0.462. The highest BCUT2D eigenvalue weighted by Crippen LogP contribution is 2.18. The van der Waals surface area contributed by atoms with Crippen LogP contribution in [0.25, 0.3) is 0 Å². The van der Waals surface area contributed by atoms with Crippen molar-refractivity contribution < 1.29 is 17.6 Å². The molecule has 0 bridgehead atoms. The van der Waals surface area contributed by atoms with Gasteiger partial charge in [0.25, 0.3) is 5.91 Å². The molecule has 0 heterocycles. The van der Waals surface area contributed by atoms with Crippen molar-refractivity contribution >= 4 is 31.7 Å². The predicted molar refractivity (Wildman–Crippen MR) is 80.0 cm³/mol. The maximum absolute atomic E-state index is 13.3. The molecule has 1 rings (SSSR count). The summed E-state index contributed by atoms with van der Waals surface area (Å²) >= 11 is 3.12. The molecule has 112 valence electrons. The van der Waals surface area contributed by atoms with Crippen molar-refractivity contribution in [3.05, 3.63) is 34.1 Å². The van der Waals surface area contributed by atoms with E-state index in [4.69, 9.17) is 0 Å². The number of halogens is 2. The molecule has 1 aromatic rings. The minimum Gasteiger partial charge on any atom is -0.338 e. The summed E-state index contributed by atoms with van der Waals surface area (Å²) in [5, 5.41) is -0.701. The largest absolute Gasteiger partial charge is 0.338 e. The van der Waals surface area contributed by atoms with Gasteiger partial charge >= 0.3 is 0 Å². The van der Waals surface area contributed by atoms with Crippen molar-refractivity contribution in [3.63, 3.8) is 0 Å². The molecule has 0 saturated heterocycles. The van der Waals surface area contributed by atoms with Gasteiger partial charge in [0.15, 0.2) is 9.84 Å². The monoisotopic (exact) mass is 365 g/mol. The summed E-state index contributed by atoms with van der Waals surface area (Å²) in [4.78, 5) is 13.6. The Hall–Kier alpha value is -0.950. The number of benzene rings is 1. The zero-order chi connectivity index (χ0) is 15.7. The van der Waals surface area contributed by atoms with E-state index >= 15 is 0 Å². The van der Waals surface area contributed by atoms with E-state index in [9.17, 15) is 17.6 Å². The topological polar surface area (TPSA) is 54.5 Å². The third kappa shape index (κ3) is 4.02. The first kappa shape index (κ1) is 17.1. The normalized spacial score (nSPS) is 14.7.